The van der Waals surface area contributed by atoms with Crippen LogP contribution < -0.4 is 4.74 Å². The molecule has 2 aromatic heterocycles. The number of benzene rings is 3. The topological polar surface area (TPSA) is 50.1 Å². The Morgan fingerprint density at radius 3 is 2.30 bits per heavy atom. The van der Waals surface area contributed by atoms with E-state index in [1.807, 2.05) is 29.2 Å². The summed E-state index contributed by atoms with van der Waals surface area (Å²) in [6, 6.07) is 26.5. The van der Waals surface area contributed by atoms with Crippen molar-refractivity contribution < 1.29 is 13.9 Å². The highest BCUT2D eigenvalue weighted by molar-refractivity contribution is 5.94. The SMILES string of the molecule is COc1ccc(-c2nc3ccc(-c4cccc(C)c4)cn3c2CN2CCN(C(=O)c3ccc(F)cc3)CC2)cc1. The van der Waals surface area contributed by atoms with Gasteiger partial charge >= 0.3 is 0 Å². The summed E-state index contributed by atoms with van der Waals surface area (Å²) in [5.74, 6) is 0.404. The number of hydrogen-bond donors (Lipinski definition) is 0. The van der Waals surface area contributed by atoms with Crippen LogP contribution in [0.15, 0.2) is 91.1 Å². The maximum absolute atomic E-state index is 13.3. The van der Waals surface area contributed by atoms with Crippen LogP contribution in [0.1, 0.15) is 21.6 Å². The second kappa shape index (κ2) is 10.9. The molecule has 0 saturated carbocycles. The summed E-state index contributed by atoms with van der Waals surface area (Å²) in [6.07, 6.45) is 2.17. The molecule has 0 bridgehead atoms. The second-order valence-electron chi connectivity index (χ2n) is 10.2. The number of methoxy groups -OCH3 is 1. The third kappa shape index (κ3) is 5.20. The van der Waals surface area contributed by atoms with Gasteiger partial charge in [0.25, 0.3) is 5.91 Å². The molecule has 1 fully saturated rings. The molecular weight excluding hydrogens is 503 g/mol. The summed E-state index contributed by atoms with van der Waals surface area (Å²) in [5, 5.41) is 0. The third-order valence-corrected chi connectivity index (χ3v) is 7.56. The minimum absolute atomic E-state index is 0.0591. The van der Waals surface area contributed by atoms with Gasteiger partial charge in [0.2, 0.25) is 0 Å². The summed E-state index contributed by atoms with van der Waals surface area (Å²) in [4.78, 5) is 22.2. The average molecular weight is 535 g/mol. The van der Waals surface area contributed by atoms with Crippen molar-refractivity contribution in [2.24, 2.45) is 0 Å². The number of rotatable bonds is 6. The lowest BCUT2D eigenvalue weighted by atomic mass is 10.1. The van der Waals surface area contributed by atoms with Crippen LogP contribution in [-0.4, -0.2) is 58.4 Å². The largest absolute Gasteiger partial charge is 0.497 e. The molecule has 5 aromatic rings. The molecule has 1 amide bonds. The molecule has 1 aliphatic rings. The number of carbonyl (C=O) groups excluding carboxylic acids is 1. The number of piperazine rings is 1. The molecule has 40 heavy (non-hydrogen) atoms. The Morgan fingerprint density at radius 2 is 1.60 bits per heavy atom. The number of ether oxygens (including phenoxy) is 1. The first-order valence-corrected chi connectivity index (χ1v) is 13.5. The number of carbonyl (C=O) groups is 1. The number of imidazole rings is 1. The zero-order chi connectivity index (χ0) is 27.6. The predicted molar refractivity (Wildman–Crippen MR) is 155 cm³/mol. The van der Waals surface area contributed by atoms with E-state index in [-0.39, 0.29) is 11.7 Å². The summed E-state index contributed by atoms with van der Waals surface area (Å²) in [5.41, 5.74) is 8.00. The van der Waals surface area contributed by atoms with Crippen LogP contribution in [0.3, 0.4) is 0 Å². The molecule has 0 spiro atoms. The van der Waals surface area contributed by atoms with Crippen LogP contribution in [0.4, 0.5) is 4.39 Å². The highest BCUT2D eigenvalue weighted by Crippen LogP contribution is 2.30. The molecule has 7 heteroatoms. The number of fused-ring (bicyclic) bond motifs is 1. The summed E-state index contributed by atoms with van der Waals surface area (Å²) < 4.78 is 20.9. The summed E-state index contributed by atoms with van der Waals surface area (Å²) in [6.45, 7) is 5.49. The van der Waals surface area contributed by atoms with Crippen LogP contribution in [0.25, 0.3) is 28.0 Å². The van der Waals surface area contributed by atoms with E-state index in [0.717, 1.165) is 47.0 Å². The lowest BCUT2D eigenvalue weighted by Gasteiger charge is -2.34. The first kappa shape index (κ1) is 25.8. The number of aromatic nitrogens is 2. The van der Waals surface area contributed by atoms with Gasteiger partial charge < -0.3 is 14.0 Å². The van der Waals surface area contributed by atoms with Crippen LogP contribution >= 0.6 is 0 Å². The van der Waals surface area contributed by atoms with Crippen molar-refractivity contribution in [2.75, 3.05) is 33.3 Å². The number of halogens is 1. The third-order valence-electron chi connectivity index (χ3n) is 7.56. The fourth-order valence-electron chi connectivity index (χ4n) is 5.32. The highest BCUT2D eigenvalue weighted by Gasteiger charge is 2.24. The number of amides is 1. The average Bonchev–Trinajstić information content (AvgIpc) is 3.35. The monoisotopic (exact) mass is 534 g/mol. The number of nitrogens with zero attached hydrogens (tertiary/aromatic N) is 4. The van der Waals surface area contributed by atoms with Gasteiger partial charge in [-0.3, -0.25) is 9.69 Å². The smallest absolute Gasteiger partial charge is 0.253 e. The van der Waals surface area contributed by atoms with Gasteiger partial charge in [-0.15, -0.1) is 0 Å². The zero-order valence-electron chi connectivity index (χ0n) is 22.7. The molecule has 1 saturated heterocycles. The molecule has 202 valence electrons. The van der Waals surface area contributed by atoms with Crippen molar-refractivity contribution in [3.8, 4) is 28.1 Å². The van der Waals surface area contributed by atoms with Gasteiger partial charge in [-0.1, -0.05) is 29.8 Å². The van der Waals surface area contributed by atoms with Gasteiger partial charge in [0.1, 0.15) is 17.2 Å². The van der Waals surface area contributed by atoms with E-state index in [4.69, 9.17) is 9.72 Å². The number of hydrogen-bond acceptors (Lipinski definition) is 4. The number of aryl methyl sites for hydroxylation is 1. The van der Waals surface area contributed by atoms with E-state index in [9.17, 15) is 9.18 Å². The minimum atomic E-state index is -0.340. The van der Waals surface area contributed by atoms with Crippen LogP contribution in [0.2, 0.25) is 0 Å². The van der Waals surface area contributed by atoms with Gasteiger partial charge in [0, 0.05) is 50.0 Å². The summed E-state index contributed by atoms with van der Waals surface area (Å²) >= 11 is 0. The van der Waals surface area contributed by atoms with Gasteiger partial charge in [-0.2, -0.15) is 0 Å². The lowest BCUT2D eigenvalue weighted by molar-refractivity contribution is 0.0627. The fraction of sp³-hybridized carbons (Fsp3) is 0.212. The quantitative estimate of drug-likeness (QED) is 0.265. The molecule has 6 nitrogen and oxygen atoms in total. The molecule has 3 heterocycles. The van der Waals surface area contributed by atoms with E-state index < -0.39 is 0 Å². The Bertz CT molecular complexity index is 1650. The van der Waals surface area contributed by atoms with Crippen molar-refractivity contribution in [1.29, 1.82) is 0 Å². The Morgan fingerprint density at radius 1 is 0.875 bits per heavy atom. The Labute approximate surface area is 233 Å². The standard InChI is InChI=1S/C33H31FN4O2/c1-23-4-3-5-26(20-23)27-10-15-31-35-32(24-8-13-29(40-2)14-9-24)30(38(31)21-27)22-36-16-18-37(19-17-36)33(39)25-6-11-28(34)12-7-25/h3-15,20-21H,16-19,22H2,1-2H3. The van der Waals surface area contributed by atoms with Crippen LogP contribution in [0, 0.1) is 12.7 Å². The van der Waals surface area contributed by atoms with Gasteiger partial charge in [0.15, 0.2) is 0 Å². The van der Waals surface area contributed by atoms with Crippen molar-refractivity contribution >= 4 is 11.6 Å². The van der Waals surface area contributed by atoms with Crippen LogP contribution in [0.5, 0.6) is 5.75 Å². The molecule has 0 radical (unpaired) electrons. The van der Waals surface area contributed by atoms with Crippen molar-refractivity contribution in [3.05, 3.63) is 114 Å². The first-order chi connectivity index (χ1) is 19.5. The van der Waals surface area contributed by atoms with Crippen molar-refractivity contribution in [1.82, 2.24) is 19.2 Å². The van der Waals surface area contributed by atoms with Crippen molar-refractivity contribution in [3.63, 3.8) is 0 Å². The van der Waals surface area contributed by atoms with Gasteiger partial charge in [-0.05, 0) is 78.7 Å². The zero-order valence-corrected chi connectivity index (χ0v) is 22.7. The van der Waals surface area contributed by atoms with Crippen LogP contribution in [-0.2, 0) is 6.54 Å². The Kier molecular flexibility index (Phi) is 7.05. The molecule has 0 atom stereocenters. The molecule has 3 aromatic carbocycles. The minimum Gasteiger partial charge on any atom is -0.497 e. The van der Waals surface area contributed by atoms with E-state index in [2.05, 4.69) is 58.8 Å². The fourth-order valence-corrected chi connectivity index (χ4v) is 5.32. The van der Waals surface area contributed by atoms with Gasteiger partial charge in [0.05, 0.1) is 18.5 Å². The Hall–Kier alpha value is -4.49. The first-order valence-electron chi connectivity index (χ1n) is 13.5. The normalized spacial score (nSPS) is 14.0. The second-order valence-corrected chi connectivity index (χ2v) is 10.2. The van der Waals surface area contributed by atoms with Gasteiger partial charge in [-0.25, -0.2) is 9.37 Å². The van der Waals surface area contributed by atoms with E-state index >= 15 is 0 Å². The van der Waals surface area contributed by atoms with E-state index in [1.54, 1.807) is 19.2 Å². The van der Waals surface area contributed by atoms with Crippen molar-refractivity contribution in [2.45, 2.75) is 13.5 Å². The molecule has 0 aliphatic carbocycles. The maximum atomic E-state index is 13.3. The molecule has 0 unspecified atom stereocenters. The molecule has 6 rings (SSSR count). The Balaban J connectivity index is 1.30. The summed E-state index contributed by atoms with van der Waals surface area (Å²) in [7, 11) is 1.67. The predicted octanol–water partition coefficient (Wildman–Crippen LogP) is 6.08. The highest BCUT2D eigenvalue weighted by atomic mass is 19.1. The van der Waals surface area contributed by atoms with E-state index in [1.165, 1.54) is 23.3 Å². The molecule has 0 N–H and O–H groups in total. The van der Waals surface area contributed by atoms with E-state index in [0.29, 0.717) is 25.2 Å². The molecule has 1 aliphatic heterocycles. The maximum Gasteiger partial charge on any atom is 0.253 e. The lowest BCUT2D eigenvalue weighted by Crippen LogP contribution is -2.48. The number of pyridine rings is 1. The molecular formula is C33H31FN4O2.